The standard InChI is InChI=1S/C12H20O3P2/c1-12(2,3)17(14)10-15-9-16(13)11-7-5-4-6-8-11/h4-8,13-14H,9-10H2,1-3H3. The summed E-state index contributed by atoms with van der Waals surface area (Å²) >= 11 is 0. The normalized spacial score (nSPS) is 15.6. The molecule has 3 nitrogen and oxygen atoms in total. The van der Waals surface area contributed by atoms with Gasteiger partial charge in [0.25, 0.3) is 0 Å². The van der Waals surface area contributed by atoms with Gasteiger partial charge in [-0.2, -0.15) is 0 Å². The Morgan fingerprint density at radius 3 is 2.18 bits per heavy atom. The lowest BCUT2D eigenvalue weighted by atomic mass is 10.3. The molecule has 2 N–H and O–H groups in total. The van der Waals surface area contributed by atoms with Crippen LogP contribution in [0.1, 0.15) is 20.8 Å². The fourth-order valence-electron chi connectivity index (χ4n) is 1.08. The highest BCUT2D eigenvalue weighted by Gasteiger charge is 2.22. The van der Waals surface area contributed by atoms with Gasteiger partial charge in [0.2, 0.25) is 0 Å². The van der Waals surface area contributed by atoms with Gasteiger partial charge >= 0.3 is 0 Å². The summed E-state index contributed by atoms with van der Waals surface area (Å²) in [6.45, 7) is 5.96. The van der Waals surface area contributed by atoms with Crippen LogP contribution in [0.15, 0.2) is 30.3 Å². The summed E-state index contributed by atoms with van der Waals surface area (Å²) in [7, 11) is -2.41. The highest BCUT2D eigenvalue weighted by molar-refractivity contribution is 7.59. The minimum absolute atomic E-state index is 0.125. The summed E-state index contributed by atoms with van der Waals surface area (Å²) in [4.78, 5) is 19.7. The Morgan fingerprint density at radius 1 is 1.06 bits per heavy atom. The molecule has 0 aliphatic carbocycles. The maximum absolute atomic E-state index is 9.90. The summed E-state index contributed by atoms with van der Waals surface area (Å²) in [5.41, 5.74) is 0. The molecule has 2 atom stereocenters. The van der Waals surface area contributed by atoms with E-state index in [1.54, 1.807) is 0 Å². The van der Waals surface area contributed by atoms with Crippen molar-refractivity contribution >= 4 is 21.6 Å². The molecule has 1 rings (SSSR count). The van der Waals surface area contributed by atoms with Gasteiger partial charge in [-0.25, -0.2) is 0 Å². The van der Waals surface area contributed by atoms with E-state index in [4.69, 9.17) is 4.74 Å². The maximum Gasteiger partial charge on any atom is 0.0951 e. The van der Waals surface area contributed by atoms with Crippen LogP contribution in [0.25, 0.3) is 0 Å². The van der Waals surface area contributed by atoms with Crippen molar-refractivity contribution in [2.24, 2.45) is 0 Å². The zero-order valence-corrected chi connectivity index (χ0v) is 12.3. The molecule has 1 aromatic carbocycles. The van der Waals surface area contributed by atoms with E-state index in [9.17, 15) is 9.79 Å². The van der Waals surface area contributed by atoms with Crippen LogP contribution in [0.5, 0.6) is 0 Å². The van der Waals surface area contributed by atoms with E-state index < -0.39 is 16.3 Å². The van der Waals surface area contributed by atoms with Gasteiger partial charge < -0.3 is 14.5 Å². The van der Waals surface area contributed by atoms with Crippen LogP contribution in [-0.4, -0.2) is 27.6 Å². The van der Waals surface area contributed by atoms with Gasteiger partial charge in [0.15, 0.2) is 0 Å². The Bertz CT molecular complexity index is 324. The van der Waals surface area contributed by atoms with Crippen molar-refractivity contribution in [2.75, 3.05) is 12.7 Å². The lowest BCUT2D eigenvalue weighted by molar-refractivity contribution is 0.220. The van der Waals surface area contributed by atoms with Crippen molar-refractivity contribution in [1.82, 2.24) is 0 Å². The monoisotopic (exact) mass is 274 g/mol. The Kier molecular flexibility index (Phi) is 5.99. The topological polar surface area (TPSA) is 49.7 Å². The zero-order valence-electron chi connectivity index (χ0n) is 10.5. The second kappa shape index (κ2) is 6.78. The highest BCUT2D eigenvalue weighted by atomic mass is 31.1. The van der Waals surface area contributed by atoms with Crippen LogP contribution in [0.4, 0.5) is 0 Å². The molecular weight excluding hydrogens is 254 g/mol. The average molecular weight is 274 g/mol. The fraction of sp³-hybridized carbons (Fsp3) is 0.500. The second-order valence-electron chi connectivity index (χ2n) is 4.77. The Balaban J connectivity index is 2.33. The first kappa shape index (κ1) is 15.0. The first-order valence-electron chi connectivity index (χ1n) is 5.47. The number of benzene rings is 1. The van der Waals surface area contributed by atoms with Crippen molar-refractivity contribution in [1.29, 1.82) is 0 Å². The van der Waals surface area contributed by atoms with Crippen LogP contribution in [-0.2, 0) is 4.74 Å². The first-order valence-corrected chi connectivity index (χ1v) is 8.43. The zero-order chi connectivity index (χ0) is 12.9. The number of hydrogen-bond acceptors (Lipinski definition) is 3. The minimum Gasteiger partial charge on any atom is -0.371 e. The third-order valence-electron chi connectivity index (χ3n) is 2.26. The molecule has 0 saturated heterocycles. The van der Waals surface area contributed by atoms with Crippen molar-refractivity contribution in [3.05, 3.63) is 30.3 Å². The maximum atomic E-state index is 9.90. The fourth-order valence-corrected chi connectivity index (χ4v) is 2.81. The van der Waals surface area contributed by atoms with E-state index in [1.165, 1.54) is 0 Å². The van der Waals surface area contributed by atoms with Gasteiger partial charge in [-0.3, -0.25) is 0 Å². The van der Waals surface area contributed by atoms with E-state index in [1.807, 2.05) is 51.1 Å². The van der Waals surface area contributed by atoms with Gasteiger partial charge in [-0.05, 0) is 0 Å². The number of ether oxygens (including phenoxy) is 1. The van der Waals surface area contributed by atoms with Crippen molar-refractivity contribution in [3.63, 3.8) is 0 Å². The van der Waals surface area contributed by atoms with Crippen LogP contribution in [0.3, 0.4) is 0 Å². The third kappa shape index (κ3) is 5.42. The number of hydrogen-bond donors (Lipinski definition) is 2. The van der Waals surface area contributed by atoms with Gasteiger partial charge in [-0.15, -0.1) is 0 Å². The molecule has 17 heavy (non-hydrogen) atoms. The molecule has 1 aromatic rings. The predicted octanol–water partition coefficient (Wildman–Crippen LogP) is 2.82. The van der Waals surface area contributed by atoms with Crippen LogP contribution < -0.4 is 5.30 Å². The summed E-state index contributed by atoms with van der Waals surface area (Å²) in [5.74, 6) is 0. The molecule has 0 saturated carbocycles. The largest absolute Gasteiger partial charge is 0.371 e. The summed E-state index contributed by atoms with van der Waals surface area (Å²) in [6.07, 6.45) is 0.611. The molecule has 0 fully saturated rings. The summed E-state index contributed by atoms with van der Waals surface area (Å²) in [5, 5.41) is 0.779. The third-order valence-corrected chi connectivity index (χ3v) is 5.55. The molecule has 0 aliphatic heterocycles. The van der Waals surface area contributed by atoms with E-state index in [0.29, 0.717) is 6.35 Å². The Labute approximate surface area is 105 Å². The molecule has 0 radical (unpaired) electrons. The molecule has 5 heteroatoms. The Morgan fingerprint density at radius 2 is 1.65 bits per heavy atom. The average Bonchev–Trinajstić information content (AvgIpc) is 2.28. The van der Waals surface area contributed by atoms with E-state index >= 15 is 0 Å². The predicted molar refractivity (Wildman–Crippen MR) is 74.9 cm³/mol. The summed E-state index contributed by atoms with van der Waals surface area (Å²) < 4.78 is 5.40. The minimum atomic E-state index is -1.27. The Hall–Kier alpha value is -0.0400. The molecular formula is C12H20O3P2. The molecule has 0 amide bonds. The van der Waals surface area contributed by atoms with Gasteiger partial charge in [0.05, 0.1) is 29.0 Å². The second-order valence-corrected chi connectivity index (χ2v) is 8.74. The smallest absolute Gasteiger partial charge is 0.0951 e. The lowest BCUT2D eigenvalue weighted by Gasteiger charge is -2.25. The van der Waals surface area contributed by atoms with Crippen LogP contribution in [0, 0.1) is 0 Å². The molecule has 0 aromatic heterocycles. The molecule has 0 aliphatic rings. The highest BCUT2D eigenvalue weighted by Crippen LogP contribution is 2.45. The SMILES string of the molecule is CC(C)(C)P(O)COCP(O)c1ccccc1. The molecule has 0 heterocycles. The molecule has 0 bridgehead atoms. The van der Waals surface area contributed by atoms with Gasteiger partial charge in [0, 0.05) is 10.5 Å². The van der Waals surface area contributed by atoms with Gasteiger partial charge in [-0.1, -0.05) is 51.1 Å². The summed E-state index contributed by atoms with van der Waals surface area (Å²) in [6, 6.07) is 9.49. The van der Waals surface area contributed by atoms with Crippen LogP contribution in [0.2, 0.25) is 0 Å². The van der Waals surface area contributed by atoms with E-state index in [-0.39, 0.29) is 11.5 Å². The van der Waals surface area contributed by atoms with E-state index in [0.717, 1.165) is 5.30 Å². The van der Waals surface area contributed by atoms with Gasteiger partial charge in [0.1, 0.15) is 0 Å². The molecule has 2 unspecified atom stereocenters. The molecule has 96 valence electrons. The van der Waals surface area contributed by atoms with Crippen molar-refractivity contribution in [3.8, 4) is 0 Å². The van der Waals surface area contributed by atoms with Crippen LogP contribution >= 0.6 is 16.3 Å². The van der Waals surface area contributed by atoms with Crippen molar-refractivity contribution < 1.29 is 14.5 Å². The molecule has 0 spiro atoms. The number of rotatable bonds is 5. The quantitative estimate of drug-likeness (QED) is 0.812. The van der Waals surface area contributed by atoms with E-state index in [2.05, 4.69) is 0 Å². The first-order chi connectivity index (χ1) is 7.91. The van der Waals surface area contributed by atoms with Crippen molar-refractivity contribution in [2.45, 2.75) is 25.9 Å². The lowest BCUT2D eigenvalue weighted by Crippen LogP contribution is -2.14.